The lowest BCUT2D eigenvalue weighted by atomic mass is 10.0. The Labute approximate surface area is 149 Å². The smallest absolute Gasteiger partial charge is 0.223 e. The molecule has 0 atom stereocenters. The topological polar surface area (TPSA) is 93.0 Å². The number of hydrogen-bond donors (Lipinski definition) is 2. The number of H-pyrrole nitrogens is 1. The van der Waals surface area contributed by atoms with Gasteiger partial charge >= 0.3 is 0 Å². The summed E-state index contributed by atoms with van der Waals surface area (Å²) in [6.07, 6.45) is 0.808. The van der Waals surface area contributed by atoms with Gasteiger partial charge in [-0.3, -0.25) is 5.10 Å². The van der Waals surface area contributed by atoms with Gasteiger partial charge in [-0.1, -0.05) is 23.7 Å². The Morgan fingerprint density at radius 1 is 1.28 bits per heavy atom. The molecule has 25 heavy (non-hydrogen) atoms. The fourth-order valence-corrected chi connectivity index (χ4v) is 3.33. The molecule has 0 aliphatic carbocycles. The highest BCUT2D eigenvalue weighted by molar-refractivity contribution is 6.29. The quantitative estimate of drug-likeness (QED) is 0.701. The predicted octanol–water partition coefficient (Wildman–Crippen LogP) is 2.67. The zero-order valence-electron chi connectivity index (χ0n) is 13.7. The summed E-state index contributed by atoms with van der Waals surface area (Å²) in [4.78, 5) is 10.4. The molecule has 0 fully saturated rings. The molecule has 8 heteroatoms. The van der Waals surface area contributed by atoms with Crippen molar-refractivity contribution in [3.63, 3.8) is 0 Å². The molecule has 3 heterocycles. The Hall–Kier alpha value is -2.80. The van der Waals surface area contributed by atoms with Crippen molar-refractivity contribution >= 4 is 23.4 Å². The second-order valence-electron chi connectivity index (χ2n) is 5.80. The van der Waals surface area contributed by atoms with Crippen LogP contribution in [0.4, 0.5) is 11.8 Å². The first-order valence-electron chi connectivity index (χ1n) is 7.90. The lowest BCUT2D eigenvalue weighted by Crippen LogP contribution is -2.31. The monoisotopic (exact) mass is 356 g/mol. The first kappa shape index (κ1) is 15.7. The largest absolute Gasteiger partial charge is 0.496 e. The van der Waals surface area contributed by atoms with E-state index in [0.29, 0.717) is 11.7 Å². The molecule has 0 bridgehead atoms. The second kappa shape index (κ2) is 6.25. The number of para-hydroxylation sites is 1. The van der Waals surface area contributed by atoms with Gasteiger partial charge in [0.2, 0.25) is 5.95 Å². The standard InChI is InChI=1S/C17H17ClN6O/c1-25-13-5-3-2-4-10(13)16-11-9-24(7-6-12(11)22-23-16)15-8-14(18)20-17(19)21-15/h2-5,8H,6-7,9H2,1H3,(H,22,23)(H2,19,20,21). The Morgan fingerprint density at radius 3 is 2.92 bits per heavy atom. The normalized spacial score (nSPS) is 13.6. The molecule has 0 unspecified atom stereocenters. The maximum Gasteiger partial charge on any atom is 0.223 e. The van der Waals surface area contributed by atoms with Crippen molar-refractivity contribution in [2.45, 2.75) is 13.0 Å². The third kappa shape index (κ3) is 2.87. The number of ether oxygens (including phenoxy) is 1. The Morgan fingerprint density at radius 2 is 2.12 bits per heavy atom. The molecule has 128 valence electrons. The number of nitrogen functional groups attached to an aromatic ring is 1. The number of hydrogen-bond acceptors (Lipinski definition) is 6. The van der Waals surface area contributed by atoms with Gasteiger partial charge in [-0.05, 0) is 12.1 Å². The van der Waals surface area contributed by atoms with Gasteiger partial charge in [0, 0.05) is 36.7 Å². The van der Waals surface area contributed by atoms with Gasteiger partial charge in [-0.15, -0.1) is 0 Å². The van der Waals surface area contributed by atoms with Gasteiger partial charge in [0.05, 0.1) is 18.5 Å². The highest BCUT2D eigenvalue weighted by atomic mass is 35.5. The number of halogens is 1. The number of aromatic nitrogens is 4. The summed E-state index contributed by atoms with van der Waals surface area (Å²) in [5.41, 5.74) is 9.87. The fourth-order valence-electron chi connectivity index (χ4n) is 3.14. The van der Waals surface area contributed by atoms with E-state index in [9.17, 15) is 0 Å². The predicted molar refractivity (Wildman–Crippen MR) is 96.8 cm³/mol. The molecular formula is C17H17ClN6O. The van der Waals surface area contributed by atoms with E-state index in [2.05, 4.69) is 25.1 Å². The van der Waals surface area contributed by atoms with Gasteiger partial charge in [0.15, 0.2) is 0 Å². The van der Waals surface area contributed by atoms with E-state index < -0.39 is 0 Å². The molecule has 1 aliphatic rings. The van der Waals surface area contributed by atoms with E-state index in [0.717, 1.165) is 47.0 Å². The minimum atomic E-state index is 0.172. The third-order valence-corrected chi connectivity index (χ3v) is 4.51. The maximum absolute atomic E-state index is 6.02. The minimum Gasteiger partial charge on any atom is -0.496 e. The summed E-state index contributed by atoms with van der Waals surface area (Å²) in [6, 6.07) is 9.62. The van der Waals surface area contributed by atoms with Gasteiger partial charge in [-0.2, -0.15) is 10.1 Å². The lowest BCUT2D eigenvalue weighted by Gasteiger charge is -2.28. The highest BCUT2D eigenvalue weighted by Gasteiger charge is 2.25. The van der Waals surface area contributed by atoms with E-state index >= 15 is 0 Å². The molecule has 0 radical (unpaired) electrons. The minimum absolute atomic E-state index is 0.172. The molecule has 0 amide bonds. The molecule has 1 aliphatic heterocycles. The molecular weight excluding hydrogens is 340 g/mol. The first-order valence-corrected chi connectivity index (χ1v) is 8.28. The average Bonchev–Trinajstić information content (AvgIpc) is 3.03. The average molecular weight is 357 g/mol. The van der Waals surface area contributed by atoms with Crippen LogP contribution in [-0.2, 0) is 13.0 Å². The zero-order chi connectivity index (χ0) is 17.4. The summed E-state index contributed by atoms with van der Waals surface area (Å²) >= 11 is 6.02. The van der Waals surface area contributed by atoms with Crippen LogP contribution < -0.4 is 15.4 Å². The van der Waals surface area contributed by atoms with Crippen molar-refractivity contribution in [3.8, 4) is 17.0 Å². The van der Waals surface area contributed by atoms with Gasteiger partial charge in [0.25, 0.3) is 0 Å². The van der Waals surface area contributed by atoms with E-state index in [1.807, 2.05) is 24.3 Å². The highest BCUT2D eigenvalue weighted by Crippen LogP contribution is 2.35. The Kier molecular flexibility index (Phi) is 3.93. The van der Waals surface area contributed by atoms with Crippen LogP contribution >= 0.6 is 11.6 Å². The molecule has 1 aromatic carbocycles. The molecule has 4 rings (SSSR count). The first-order chi connectivity index (χ1) is 12.2. The number of methoxy groups -OCH3 is 1. The van der Waals surface area contributed by atoms with E-state index in [-0.39, 0.29) is 5.95 Å². The molecule has 2 aromatic heterocycles. The number of nitrogens with zero attached hydrogens (tertiary/aromatic N) is 4. The summed E-state index contributed by atoms with van der Waals surface area (Å²) < 4.78 is 5.49. The molecule has 0 saturated carbocycles. The fraction of sp³-hybridized carbons (Fsp3) is 0.235. The van der Waals surface area contributed by atoms with Gasteiger partial charge in [0.1, 0.15) is 16.7 Å². The van der Waals surface area contributed by atoms with E-state index in [4.69, 9.17) is 22.1 Å². The number of benzene rings is 1. The lowest BCUT2D eigenvalue weighted by molar-refractivity contribution is 0.416. The van der Waals surface area contributed by atoms with Crippen LogP contribution in [0.2, 0.25) is 5.15 Å². The van der Waals surface area contributed by atoms with Crippen molar-refractivity contribution in [3.05, 3.63) is 46.7 Å². The molecule has 0 spiro atoms. The number of nitrogens with two attached hydrogens (primary N) is 1. The molecule has 0 saturated heterocycles. The maximum atomic E-state index is 6.02. The van der Waals surface area contributed by atoms with E-state index in [1.165, 1.54) is 0 Å². The van der Waals surface area contributed by atoms with Crippen molar-refractivity contribution in [2.24, 2.45) is 0 Å². The number of nitrogens with one attached hydrogen (secondary N) is 1. The van der Waals surface area contributed by atoms with Crippen LogP contribution in [0.1, 0.15) is 11.3 Å². The summed E-state index contributed by atoms with van der Waals surface area (Å²) in [5, 5.41) is 7.98. The summed E-state index contributed by atoms with van der Waals surface area (Å²) in [6.45, 7) is 1.45. The Balaban J connectivity index is 1.72. The number of rotatable bonds is 3. The van der Waals surface area contributed by atoms with Gasteiger partial charge in [-0.25, -0.2) is 4.98 Å². The summed E-state index contributed by atoms with van der Waals surface area (Å²) in [5.74, 6) is 1.70. The van der Waals surface area contributed by atoms with Crippen molar-refractivity contribution < 1.29 is 4.74 Å². The van der Waals surface area contributed by atoms with Crippen LogP contribution in [0.3, 0.4) is 0 Å². The molecule has 3 aromatic rings. The van der Waals surface area contributed by atoms with Crippen molar-refractivity contribution in [1.29, 1.82) is 0 Å². The molecule has 7 nitrogen and oxygen atoms in total. The van der Waals surface area contributed by atoms with Crippen LogP contribution in [0.5, 0.6) is 5.75 Å². The SMILES string of the molecule is COc1ccccc1-c1[nH]nc2c1CN(c1cc(Cl)nc(N)n1)CC2. The van der Waals surface area contributed by atoms with Gasteiger partial charge < -0.3 is 15.4 Å². The zero-order valence-corrected chi connectivity index (χ0v) is 14.4. The number of fused-ring (bicyclic) bond motifs is 1. The van der Waals surface area contributed by atoms with Crippen LogP contribution in [0.15, 0.2) is 30.3 Å². The van der Waals surface area contributed by atoms with Crippen LogP contribution in [-0.4, -0.2) is 33.8 Å². The third-order valence-electron chi connectivity index (χ3n) is 4.32. The van der Waals surface area contributed by atoms with Crippen molar-refractivity contribution in [1.82, 2.24) is 20.2 Å². The number of aromatic amines is 1. The van der Waals surface area contributed by atoms with Crippen molar-refractivity contribution in [2.75, 3.05) is 24.3 Å². The number of anilines is 2. The van der Waals surface area contributed by atoms with E-state index in [1.54, 1.807) is 13.2 Å². The summed E-state index contributed by atoms with van der Waals surface area (Å²) in [7, 11) is 1.67. The van der Waals surface area contributed by atoms with Crippen LogP contribution in [0.25, 0.3) is 11.3 Å². The molecule has 3 N–H and O–H groups in total. The van der Waals surface area contributed by atoms with Crippen LogP contribution in [0, 0.1) is 0 Å². The Bertz CT molecular complexity index is 905. The second-order valence-corrected chi connectivity index (χ2v) is 6.19.